The van der Waals surface area contributed by atoms with E-state index in [9.17, 15) is 25.2 Å². The molecule has 0 bridgehead atoms. The van der Waals surface area contributed by atoms with Crippen LogP contribution in [0.25, 0.3) is 0 Å². The van der Waals surface area contributed by atoms with E-state index in [1.165, 1.54) is 263 Å². The van der Waals surface area contributed by atoms with Crippen LogP contribution in [0, 0.1) is 0 Å². The maximum absolute atomic E-state index is 12.6. The van der Waals surface area contributed by atoms with Crippen LogP contribution >= 0.6 is 0 Å². The zero-order valence-electron chi connectivity index (χ0n) is 48.9. The Morgan fingerprint density at radius 3 is 0.945 bits per heavy atom. The molecule has 4 atom stereocenters. The number of aliphatic hydroxyl groups is 4. The van der Waals surface area contributed by atoms with Crippen LogP contribution in [0.3, 0.4) is 0 Å². The van der Waals surface area contributed by atoms with Crippen molar-refractivity contribution in [2.75, 3.05) is 6.61 Å². The third-order valence-corrected chi connectivity index (χ3v) is 15.2. The third-order valence-electron chi connectivity index (χ3n) is 15.2. The second-order valence-corrected chi connectivity index (χ2v) is 22.4. The Hall–Kier alpha value is -1.73. The van der Waals surface area contributed by atoms with E-state index in [2.05, 4.69) is 67.8 Å². The molecule has 0 aromatic carbocycles. The predicted molar refractivity (Wildman–Crippen MR) is 320 cm³/mol. The number of unbranched alkanes of at least 4 members (excludes halogenated alkanes) is 43. The van der Waals surface area contributed by atoms with E-state index >= 15 is 0 Å². The average Bonchev–Trinajstić information content (AvgIpc) is 3.40. The molecule has 0 aliphatic carbocycles. The average molecular weight is 1030 g/mol. The summed E-state index contributed by atoms with van der Waals surface area (Å²) in [6.45, 7) is 4.07. The van der Waals surface area contributed by atoms with Crippen molar-refractivity contribution in [3.8, 4) is 0 Å². The molecule has 0 saturated carbocycles. The molecule has 430 valence electrons. The first-order valence-electron chi connectivity index (χ1n) is 32.5. The van der Waals surface area contributed by atoms with Crippen LogP contribution in [0.4, 0.5) is 0 Å². The van der Waals surface area contributed by atoms with Gasteiger partial charge in [-0.1, -0.05) is 306 Å². The van der Waals surface area contributed by atoms with Gasteiger partial charge in [0, 0.05) is 0 Å². The van der Waals surface area contributed by atoms with Gasteiger partial charge in [-0.2, -0.15) is 0 Å². The minimum absolute atomic E-state index is 0.360. The quantitative estimate of drug-likeness (QED) is 0.0308. The zero-order valence-corrected chi connectivity index (χ0v) is 48.9. The number of aliphatic hydroxyl groups excluding tert-OH is 4. The van der Waals surface area contributed by atoms with Gasteiger partial charge in [0.2, 0.25) is 5.91 Å². The van der Waals surface area contributed by atoms with Gasteiger partial charge in [0.25, 0.3) is 0 Å². The molecule has 0 aliphatic heterocycles. The molecule has 0 aromatic rings. The summed E-state index contributed by atoms with van der Waals surface area (Å²) >= 11 is 0. The van der Waals surface area contributed by atoms with Gasteiger partial charge in [0.15, 0.2) is 0 Å². The SMILES string of the molecule is CCCCCCCCCCCC/C=C/CC/C=C/CCCC(O)C(O)C(CO)NC(=O)C(O)CCCCCCCCCCCCCCCCCC/C=C\C/C=C\CCCCCCCCCCCCCCCCC. The molecule has 0 rings (SSSR count). The lowest BCUT2D eigenvalue weighted by atomic mass is 10.00. The summed E-state index contributed by atoms with van der Waals surface area (Å²) in [6, 6.07) is -1.01. The molecule has 1 amide bonds. The topological polar surface area (TPSA) is 110 Å². The van der Waals surface area contributed by atoms with Gasteiger partial charge in [-0.3, -0.25) is 4.79 Å². The Morgan fingerprint density at radius 1 is 0.342 bits per heavy atom. The highest BCUT2D eigenvalue weighted by molar-refractivity contribution is 5.80. The Morgan fingerprint density at radius 2 is 0.616 bits per heavy atom. The van der Waals surface area contributed by atoms with E-state index in [1.807, 2.05) is 0 Å². The van der Waals surface area contributed by atoms with Crippen molar-refractivity contribution in [2.24, 2.45) is 0 Å². The van der Waals surface area contributed by atoms with Crippen LogP contribution in [-0.2, 0) is 4.79 Å². The molecule has 4 unspecified atom stereocenters. The second kappa shape index (κ2) is 61.1. The van der Waals surface area contributed by atoms with E-state index in [1.54, 1.807) is 0 Å². The molecule has 0 aromatic heterocycles. The summed E-state index contributed by atoms with van der Waals surface area (Å²) < 4.78 is 0. The van der Waals surface area contributed by atoms with Crippen LogP contribution < -0.4 is 5.32 Å². The maximum atomic E-state index is 12.6. The minimum Gasteiger partial charge on any atom is -0.394 e. The molecular weight excluding hydrogens is 899 g/mol. The number of nitrogens with one attached hydrogen (secondary N) is 1. The first-order chi connectivity index (χ1) is 36.0. The number of amides is 1. The van der Waals surface area contributed by atoms with Gasteiger partial charge < -0.3 is 25.7 Å². The maximum Gasteiger partial charge on any atom is 0.249 e. The molecular formula is C67H127NO5. The molecule has 0 radical (unpaired) electrons. The van der Waals surface area contributed by atoms with E-state index in [0.29, 0.717) is 19.3 Å². The van der Waals surface area contributed by atoms with Crippen molar-refractivity contribution in [3.63, 3.8) is 0 Å². The fourth-order valence-corrected chi connectivity index (χ4v) is 10.2. The Balaban J connectivity index is 3.58. The van der Waals surface area contributed by atoms with Crippen molar-refractivity contribution in [1.29, 1.82) is 0 Å². The normalized spacial score (nSPS) is 13.9. The first-order valence-corrected chi connectivity index (χ1v) is 32.5. The molecule has 0 aliphatic rings. The molecule has 6 nitrogen and oxygen atoms in total. The summed E-state index contributed by atoms with van der Waals surface area (Å²) in [6.07, 6.45) is 79.4. The van der Waals surface area contributed by atoms with Gasteiger partial charge in [-0.15, -0.1) is 0 Å². The fourth-order valence-electron chi connectivity index (χ4n) is 10.2. The lowest BCUT2D eigenvalue weighted by molar-refractivity contribution is -0.132. The fraction of sp³-hybridized carbons (Fsp3) is 0.866. The number of hydrogen-bond acceptors (Lipinski definition) is 5. The van der Waals surface area contributed by atoms with Crippen LogP contribution in [-0.4, -0.2) is 57.3 Å². The molecule has 0 fully saturated rings. The van der Waals surface area contributed by atoms with E-state index in [4.69, 9.17) is 0 Å². The van der Waals surface area contributed by atoms with Crippen LogP contribution in [0.5, 0.6) is 0 Å². The van der Waals surface area contributed by atoms with E-state index in [-0.39, 0.29) is 0 Å². The van der Waals surface area contributed by atoms with Gasteiger partial charge in [-0.05, 0) is 83.5 Å². The smallest absolute Gasteiger partial charge is 0.249 e. The second-order valence-electron chi connectivity index (χ2n) is 22.4. The van der Waals surface area contributed by atoms with Crippen molar-refractivity contribution in [1.82, 2.24) is 5.32 Å². The zero-order chi connectivity index (χ0) is 53.0. The number of rotatable bonds is 60. The summed E-state index contributed by atoms with van der Waals surface area (Å²) in [5.41, 5.74) is 0. The van der Waals surface area contributed by atoms with Crippen molar-refractivity contribution < 1.29 is 25.2 Å². The van der Waals surface area contributed by atoms with Crippen molar-refractivity contribution >= 4 is 5.91 Å². The van der Waals surface area contributed by atoms with Gasteiger partial charge in [-0.25, -0.2) is 0 Å². The summed E-state index contributed by atoms with van der Waals surface area (Å²) in [5, 5.41) is 44.0. The van der Waals surface area contributed by atoms with E-state index in [0.717, 1.165) is 44.9 Å². The van der Waals surface area contributed by atoms with Gasteiger partial charge in [0.05, 0.1) is 18.8 Å². The van der Waals surface area contributed by atoms with Crippen LogP contribution in [0.15, 0.2) is 48.6 Å². The molecule has 0 heterocycles. The number of carbonyl (C=O) groups excluding carboxylic acids is 1. The predicted octanol–water partition coefficient (Wildman–Crippen LogP) is 19.7. The highest BCUT2D eigenvalue weighted by Gasteiger charge is 2.28. The Bertz CT molecular complexity index is 1200. The number of allylic oxidation sites excluding steroid dienone is 8. The summed E-state index contributed by atoms with van der Waals surface area (Å²) in [4.78, 5) is 12.6. The standard InChI is InChI=1S/C67H127NO5/c1-3-5-7-9-11-13-15-17-19-21-23-24-25-26-27-28-29-30-31-32-33-34-35-36-37-38-39-40-41-43-45-47-49-51-53-55-57-59-61-65(71)67(73)68-63(62-69)66(72)64(70)60-58-56-54-52-50-48-46-44-42-22-20-18-16-14-12-10-8-6-4-2/h29-30,32-33,44,46,52,54,63-66,69-72H,3-28,31,34-43,45,47-51,53,55-62H2,1-2H3,(H,68,73)/b30-29-,33-32-,46-44+,54-52+. The van der Waals surface area contributed by atoms with Gasteiger partial charge >= 0.3 is 0 Å². The summed E-state index contributed by atoms with van der Waals surface area (Å²) in [7, 11) is 0. The molecule has 73 heavy (non-hydrogen) atoms. The van der Waals surface area contributed by atoms with Crippen molar-refractivity contribution in [2.45, 2.75) is 366 Å². The van der Waals surface area contributed by atoms with Crippen LogP contribution in [0.1, 0.15) is 341 Å². The minimum atomic E-state index is -1.29. The lowest BCUT2D eigenvalue weighted by Gasteiger charge is -2.27. The largest absolute Gasteiger partial charge is 0.394 e. The highest BCUT2D eigenvalue weighted by atomic mass is 16.3. The van der Waals surface area contributed by atoms with E-state index < -0.39 is 36.9 Å². The molecule has 6 heteroatoms. The lowest BCUT2D eigenvalue weighted by Crippen LogP contribution is -2.53. The third kappa shape index (κ3) is 54.9. The molecule has 0 saturated heterocycles. The van der Waals surface area contributed by atoms with Gasteiger partial charge in [0.1, 0.15) is 12.2 Å². The number of hydrogen-bond donors (Lipinski definition) is 5. The Labute approximate surface area is 455 Å². The van der Waals surface area contributed by atoms with Crippen LogP contribution in [0.2, 0.25) is 0 Å². The Kier molecular flexibility index (Phi) is 59.7. The van der Waals surface area contributed by atoms with Crippen molar-refractivity contribution in [3.05, 3.63) is 48.6 Å². The summed E-state index contributed by atoms with van der Waals surface area (Å²) in [5.74, 6) is -0.594. The first kappa shape index (κ1) is 71.3. The molecule has 5 N–H and O–H groups in total. The highest BCUT2D eigenvalue weighted by Crippen LogP contribution is 2.18. The molecule has 0 spiro atoms. The number of carbonyl (C=O) groups is 1. The monoisotopic (exact) mass is 1030 g/mol.